The first-order chi connectivity index (χ1) is 9.97. The number of rotatable bonds is 4. The van der Waals surface area contributed by atoms with Gasteiger partial charge in [0.05, 0.1) is 6.04 Å². The van der Waals surface area contributed by atoms with Gasteiger partial charge in [0.25, 0.3) is 0 Å². The quantitative estimate of drug-likeness (QED) is 0.703. The number of hydrogen-bond donors (Lipinski definition) is 0. The predicted molar refractivity (Wildman–Crippen MR) is 78.5 cm³/mol. The van der Waals surface area contributed by atoms with Crippen LogP contribution in [0.5, 0.6) is 0 Å². The molecule has 0 amide bonds. The molecule has 110 valence electrons. The zero-order chi connectivity index (χ0) is 15.3. The summed E-state index contributed by atoms with van der Waals surface area (Å²) in [6, 6.07) is 17.0. The third kappa shape index (κ3) is 4.45. The first-order valence-corrected chi connectivity index (χ1v) is 6.69. The van der Waals surface area contributed by atoms with Crippen molar-refractivity contribution in [2.24, 2.45) is 4.99 Å². The molecule has 1 atom stereocenters. The Hall–Kier alpha value is -2.10. The summed E-state index contributed by atoms with van der Waals surface area (Å²) >= 11 is 0. The number of benzene rings is 2. The smallest absolute Gasteiger partial charge is 0.277 e. The van der Waals surface area contributed by atoms with Crippen LogP contribution in [0, 0.1) is 0 Å². The third-order valence-electron chi connectivity index (χ3n) is 3.17. The van der Waals surface area contributed by atoms with Crippen LogP contribution in [0.25, 0.3) is 0 Å². The van der Waals surface area contributed by atoms with E-state index in [4.69, 9.17) is 0 Å². The highest BCUT2D eigenvalue weighted by Gasteiger charge is 2.35. The molecular formula is C17H16F3N. The van der Waals surface area contributed by atoms with E-state index in [1.807, 2.05) is 6.07 Å². The standard InChI is InChI=1S/C17H16F3N/c1-13(15-10-6-3-7-11-15)21-16(17(18,19)20)12-14-8-4-2-5-9-14/h2-11,13H,12H2,1H3/t13-/m0/s1. The van der Waals surface area contributed by atoms with Crippen LogP contribution in [-0.4, -0.2) is 11.9 Å². The Kier molecular flexibility index (Phi) is 4.78. The van der Waals surface area contributed by atoms with Crippen LogP contribution in [-0.2, 0) is 6.42 Å². The monoisotopic (exact) mass is 291 g/mol. The highest BCUT2D eigenvalue weighted by atomic mass is 19.4. The zero-order valence-corrected chi connectivity index (χ0v) is 11.6. The molecule has 0 radical (unpaired) electrons. The summed E-state index contributed by atoms with van der Waals surface area (Å²) in [7, 11) is 0. The number of nitrogens with zero attached hydrogens (tertiary/aromatic N) is 1. The molecule has 0 heterocycles. The number of aliphatic imine (C=N–C) groups is 1. The number of alkyl halides is 3. The summed E-state index contributed by atoms with van der Waals surface area (Å²) in [6.45, 7) is 1.67. The van der Waals surface area contributed by atoms with Crippen molar-refractivity contribution >= 4 is 5.71 Å². The molecule has 4 heteroatoms. The Morgan fingerprint density at radius 2 is 1.48 bits per heavy atom. The number of halogens is 3. The molecule has 0 aliphatic rings. The highest BCUT2D eigenvalue weighted by molar-refractivity contribution is 5.91. The lowest BCUT2D eigenvalue weighted by Gasteiger charge is -2.14. The van der Waals surface area contributed by atoms with Gasteiger partial charge in [-0.1, -0.05) is 60.7 Å². The van der Waals surface area contributed by atoms with Gasteiger partial charge < -0.3 is 0 Å². The van der Waals surface area contributed by atoms with E-state index in [1.54, 1.807) is 61.5 Å². The average molecular weight is 291 g/mol. The predicted octanol–water partition coefficient (Wildman–Crippen LogP) is 4.99. The minimum absolute atomic E-state index is 0.207. The van der Waals surface area contributed by atoms with Crippen LogP contribution in [0.1, 0.15) is 24.1 Å². The van der Waals surface area contributed by atoms with E-state index in [1.165, 1.54) is 0 Å². The van der Waals surface area contributed by atoms with Crippen LogP contribution < -0.4 is 0 Å². The Balaban J connectivity index is 2.26. The second kappa shape index (κ2) is 6.57. The van der Waals surface area contributed by atoms with Gasteiger partial charge in [-0.15, -0.1) is 0 Å². The molecule has 2 rings (SSSR count). The van der Waals surface area contributed by atoms with Crippen molar-refractivity contribution in [3.05, 3.63) is 71.8 Å². The highest BCUT2D eigenvalue weighted by Crippen LogP contribution is 2.25. The van der Waals surface area contributed by atoms with E-state index in [0.29, 0.717) is 5.56 Å². The van der Waals surface area contributed by atoms with Crippen molar-refractivity contribution in [1.82, 2.24) is 0 Å². The van der Waals surface area contributed by atoms with Gasteiger partial charge in [0.2, 0.25) is 0 Å². The first-order valence-electron chi connectivity index (χ1n) is 6.69. The second-order valence-electron chi connectivity index (χ2n) is 4.82. The minimum Gasteiger partial charge on any atom is -0.277 e. The van der Waals surface area contributed by atoms with E-state index in [9.17, 15) is 13.2 Å². The van der Waals surface area contributed by atoms with Gasteiger partial charge >= 0.3 is 6.18 Å². The van der Waals surface area contributed by atoms with E-state index in [-0.39, 0.29) is 6.42 Å². The number of hydrogen-bond acceptors (Lipinski definition) is 1. The van der Waals surface area contributed by atoms with E-state index >= 15 is 0 Å². The summed E-state index contributed by atoms with van der Waals surface area (Å²) in [4.78, 5) is 3.90. The summed E-state index contributed by atoms with van der Waals surface area (Å²) in [6.07, 6.45) is -4.62. The first kappa shape index (κ1) is 15.3. The lowest BCUT2D eigenvalue weighted by Crippen LogP contribution is -2.26. The van der Waals surface area contributed by atoms with Crippen molar-refractivity contribution in [2.75, 3.05) is 0 Å². The fourth-order valence-corrected chi connectivity index (χ4v) is 2.05. The lowest BCUT2D eigenvalue weighted by molar-refractivity contribution is -0.0604. The summed E-state index contributed by atoms with van der Waals surface area (Å²) in [5.74, 6) is 0. The van der Waals surface area contributed by atoms with Crippen molar-refractivity contribution in [3.8, 4) is 0 Å². The lowest BCUT2D eigenvalue weighted by atomic mass is 10.1. The second-order valence-corrected chi connectivity index (χ2v) is 4.82. The molecule has 0 aromatic heterocycles. The largest absolute Gasteiger partial charge is 0.429 e. The van der Waals surface area contributed by atoms with Crippen molar-refractivity contribution in [1.29, 1.82) is 0 Å². The Morgan fingerprint density at radius 1 is 0.952 bits per heavy atom. The van der Waals surface area contributed by atoms with E-state index in [2.05, 4.69) is 4.99 Å². The van der Waals surface area contributed by atoms with E-state index < -0.39 is 17.9 Å². The maximum atomic E-state index is 13.2. The fourth-order valence-electron chi connectivity index (χ4n) is 2.05. The van der Waals surface area contributed by atoms with Gasteiger partial charge in [-0.25, -0.2) is 0 Å². The van der Waals surface area contributed by atoms with Crippen LogP contribution in [0.2, 0.25) is 0 Å². The Bertz CT molecular complexity index is 588. The van der Waals surface area contributed by atoms with Crippen LogP contribution in [0.15, 0.2) is 65.7 Å². The Morgan fingerprint density at radius 3 is 2.00 bits per heavy atom. The molecule has 0 saturated heterocycles. The molecule has 0 N–H and O–H groups in total. The molecule has 0 saturated carbocycles. The molecular weight excluding hydrogens is 275 g/mol. The summed E-state index contributed by atoms with van der Waals surface area (Å²) < 4.78 is 39.5. The van der Waals surface area contributed by atoms with Crippen molar-refractivity contribution in [3.63, 3.8) is 0 Å². The SMILES string of the molecule is C[C@H](N=C(Cc1ccccc1)C(F)(F)F)c1ccccc1. The molecule has 0 aliphatic carbocycles. The maximum Gasteiger partial charge on any atom is 0.429 e. The maximum absolute atomic E-state index is 13.2. The van der Waals surface area contributed by atoms with Gasteiger partial charge in [0, 0.05) is 6.42 Å². The Labute approximate surface area is 122 Å². The van der Waals surface area contributed by atoms with Crippen LogP contribution >= 0.6 is 0 Å². The van der Waals surface area contributed by atoms with Crippen molar-refractivity contribution in [2.45, 2.75) is 25.6 Å². The molecule has 0 aliphatic heterocycles. The van der Waals surface area contributed by atoms with E-state index in [0.717, 1.165) is 5.56 Å². The van der Waals surface area contributed by atoms with Gasteiger partial charge in [-0.05, 0) is 18.1 Å². The fraction of sp³-hybridized carbons (Fsp3) is 0.235. The zero-order valence-electron chi connectivity index (χ0n) is 11.6. The normalized spacial score (nSPS) is 14.0. The molecule has 0 fully saturated rings. The summed E-state index contributed by atoms with van der Waals surface area (Å²) in [5, 5.41) is 0. The molecule has 0 unspecified atom stereocenters. The van der Waals surface area contributed by atoms with Gasteiger partial charge in [0.15, 0.2) is 0 Å². The van der Waals surface area contributed by atoms with Gasteiger partial charge in [-0.2, -0.15) is 13.2 Å². The molecule has 2 aromatic rings. The van der Waals surface area contributed by atoms with Crippen molar-refractivity contribution < 1.29 is 13.2 Å². The molecule has 0 bridgehead atoms. The molecule has 1 nitrogen and oxygen atoms in total. The average Bonchev–Trinajstić information content (AvgIpc) is 2.47. The molecule has 21 heavy (non-hydrogen) atoms. The summed E-state index contributed by atoms with van der Waals surface area (Å²) in [5.41, 5.74) is 0.631. The van der Waals surface area contributed by atoms with Crippen LogP contribution in [0.3, 0.4) is 0 Å². The molecule has 0 spiro atoms. The third-order valence-corrected chi connectivity index (χ3v) is 3.17. The molecule has 2 aromatic carbocycles. The minimum atomic E-state index is -4.42. The topological polar surface area (TPSA) is 12.4 Å². The van der Waals surface area contributed by atoms with Crippen LogP contribution in [0.4, 0.5) is 13.2 Å². The van der Waals surface area contributed by atoms with Gasteiger partial charge in [0.1, 0.15) is 5.71 Å². The van der Waals surface area contributed by atoms with Gasteiger partial charge in [-0.3, -0.25) is 4.99 Å².